The van der Waals surface area contributed by atoms with Gasteiger partial charge in [-0.1, -0.05) is 49.4 Å². The Bertz CT molecular complexity index is 803. The van der Waals surface area contributed by atoms with Crippen LogP contribution in [0.1, 0.15) is 62.6 Å². The predicted molar refractivity (Wildman–Crippen MR) is 85.5 cm³/mol. The van der Waals surface area contributed by atoms with Gasteiger partial charge < -0.3 is 0 Å². The molecular formula is C20H18O2. The van der Waals surface area contributed by atoms with E-state index >= 15 is 0 Å². The van der Waals surface area contributed by atoms with Gasteiger partial charge >= 0.3 is 0 Å². The Morgan fingerprint density at radius 3 is 2.50 bits per heavy atom. The van der Waals surface area contributed by atoms with Crippen LogP contribution in [0.5, 0.6) is 0 Å². The topological polar surface area (TPSA) is 34.1 Å². The second kappa shape index (κ2) is 4.64. The van der Waals surface area contributed by atoms with Gasteiger partial charge in [0, 0.05) is 29.4 Å². The maximum absolute atomic E-state index is 12.9. The maximum atomic E-state index is 12.9. The van der Waals surface area contributed by atoms with Crippen LogP contribution in [0.25, 0.3) is 0 Å². The standard InChI is InChI=1S/C20H18O2/c1-11-6-5-9-15-17(21)10-16-19(18(11)15)12(2)13-7-3-4-8-14(13)20(16)22/h3-9,12,16,19H,10H2,1-2H3/t12-,16+,19+/m0/s1. The molecule has 0 saturated carbocycles. The summed E-state index contributed by atoms with van der Waals surface area (Å²) in [5, 5.41) is 0. The molecule has 0 spiro atoms. The zero-order chi connectivity index (χ0) is 15.4. The number of fused-ring (bicyclic) bond motifs is 4. The summed E-state index contributed by atoms with van der Waals surface area (Å²) in [6.07, 6.45) is 0.346. The van der Waals surface area contributed by atoms with Crippen molar-refractivity contribution in [2.45, 2.75) is 32.1 Å². The molecule has 2 heteroatoms. The molecule has 2 nitrogen and oxygen atoms in total. The fourth-order valence-corrected chi connectivity index (χ4v) is 4.37. The molecule has 0 aromatic heterocycles. The van der Waals surface area contributed by atoms with E-state index in [9.17, 15) is 9.59 Å². The summed E-state index contributed by atoms with van der Waals surface area (Å²) in [5.74, 6) is 0.426. The van der Waals surface area contributed by atoms with E-state index in [0.29, 0.717) is 6.42 Å². The number of hydrogen-bond acceptors (Lipinski definition) is 2. The molecule has 22 heavy (non-hydrogen) atoms. The Morgan fingerprint density at radius 2 is 1.68 bits per heavy atom. The SMILES string of the molecule is Cc1cccc2c1[C@H]1[C@@H](CC2=O)C(=O)c2ccccc2[C@@H]1C. The third-order valence-electron chi connectivity index (χ3n) is 5.39. The first-order chi connectivity index (χ1) is 10.6. The number of benzene rings is 2. The lowest BCUT2D eigenvalue weighted by atomic mass is 9.60. The third kappa shape index (κ3) is 1.67. The normalized spacial score (nSPS) is 26.2. The highest BCUT2D eigenvalue weighted by Crippen LogP contribution is 2.51. The van der Waals surface area contributed by atoms with Crippen LogP contribution < -0.4 is 0 Å². The van der Waals surface area contributed by atoms with Gasteiger partial charge in [0.25, 0.3) is 0 Å². The van der Waals surface area contributed by atoms with Crippen molar-refractivity contribution < 1.29 is 9.59 Å². The number of aryl methyl sites for hydroxylation is 1. The molecule has 0 saturated heterocycles. The first-order valence-electron chi connectivity index (χ1n) is 7.85. The van der Waals surface area contributed by atoms with Crippen LogP contribution in [0.2, 0.25) is 0 Å². The van der Waals surface area contributed by atoms with Crippen molar-refractivity contribution in [3.8, 4) is 0 Å². The zero-order valence-electron chi connectivity index (χ0n) is 12.8. The molecule has 2 aliphatic rings. The van der Waals surface area contributed by atoms with Crippen LogP contribution in [-0.2, 0) is 0 Å². The molecule has 4 rings (SSSR count). The molecule has 2 aromatic rings. The number of rotatable bonds is 0. The van der Waals surface area contributed by atoms with E-state index in [1.54, 1.807) is 0 Å². The summed E-state index contributed by atoms with van der Waals surface area (Å²) >= 11 is 0. The Morgan fingerprint density at radius 1 is 0.955 bits per heavy atom. The fourth-order valence-electron chi connectivity index (χ4n) is 4.37. The van der Waals surface area contributed by atoms with Crippen molar-refractivity contribution in [3.05, 3.63) is 70.3 Å². The van der Waals surface area contributed by atoms with Crippen LogP contribution in [0.4, 0.5) is 0 Å². The fraction of sp³-hybridized carbons (Fsp3) is 0.300. The molecule has 2 aromatic carbocycles. The average molecular weight is 290 g/mol. The Labute approximate surface area is 130 Å². The molecular weight excluding hydrogens is 272 g/mol. The van der Waals surface area contributed by atoms with E-state index in [0.717, 1.165) is 27.8 Å². The molecule has 0 heterocycles. The molecule has 110 valence electrons. The first kappa shape index (κ1) is 13.4. The van der Waals surface area contributed by atoms with Crippen molar-refractivity contribution in [3.63, 3.8) is 0 Å². The average Bonchev–Trinajstić information content (AvgIpc) is 2.53. The third-order valence-corrected chi connectivity index (χ3v) is 5.39. The molecule has 0 unspecified atom stereocenters. The van der Waals surface area contributed by atoms with Gasteiger partial charge in [-0.05, 0) is 29.5 Å². The maximum Gasteiger partial charge on any atom is 0.167 e. The van der Waals surface area contributed by atoms with Crippen LogP contribution in [0, 0.1) is 12.8 Å². The number of carbonyl (C=O) groups is 2. The number of carbonyl (C=O) groups excluding carboxylic acids is 2. The summed E-state index contributed by atoms with van der Waals surface area (Å²) < 4.78 is 0. The molecule has 0 N–H and O–H groups in total. The Balaban J connectivity index is 1.98. The first-order valence-corrected chi connectivity index (χ1v) is 7.85. The van der Waals surface area contributed by atoms with Gasteiger partial charge in [0.05, 0.1) is 0 Å². The van der Waals surface area contributed by atoms with Crippen molar-refractivity contribution in [2.75, 3.05) is 0 Å². The second-order valence-corrected chi connectivity index (χ2v) is 6.54. The van der Waals surface area contributed by atoms with Gasteiger partial charge in [0.1, 0.15) is 0 Å². The summed E-state index contributed by atoms with van der Waals surface area (Å²) in [5.41, 5.74) is 4.97. The summed E-state index contributed by atoms with van der Waals surface area (Å²) in [7, 11) is 0. The minimum Gasteiger partial charge on any atom is -0.294 e. The van der Waals surface area contributed by atoms with Gasteiger partial charge in [-0.15, -0.1) is 0 Å². The zero-order valence-corrected chi connectivity index (χ0v) is 12.8. The van der Waals surface area contributed by atoms with E-state index in [2.05, 4.69) is 13.0 Å². The van der Waals surface area contributed by atoms with E-state index in [-0.39, 0.29) is 29.3 Å². The monoisotopic (exact) mass is 290 g/mol. The predicted octanol–water partition coefficient (Wildman–Crippen LogP) is 4.28. The molecule has 0 radical (unpaired) electrons. The van der Waals surface area contributed by atoms with Crippen molar-refractivity contribution in [1.82, 2.24) is 0 Å². The number of hydrogen-bond donors (Lipinski definition) is 0. The smallest absolute Gasteiger partial charge is 0.167 e. The van der Waals surface area contributed by atoms with Gasteiger partial charge in [-0.2, -0.15) is 0 Å². The molecule has 2 aliphatic carbocycles. The van der Waals surface area contributed by atoms with Gasteiger partial charge in [-0.3, -0.25) is 9.59 Å². The molecule has 3 atom stereocenters. The lowest BCUT2D eigenvalue weighted by Gasteiger charge is -2.41. The summed E-state index contributed by atoms with van der Waals surface area (Å²) in [6, 6.07) is 13.8. The minimum absolute atomic E-state index is 0.111. The van der Waals surface area contributed by atoms with Crippen LogP contribution in [-0.4, -0.2) is 11.6 Å². The van der Waals surface area contributed by atoms with Crippen molar-refractivity contribution >= 4 is 11.6 Å². The largest absolute Gasteiger partial charge is 0.294 e. The second-order valence-electron chi connectivity index (χ2n) is 6.54. The molecule has 0 amide bonds. The van der Waals surface area contributed by atoms with Gasteiger partial charge in [0.2, 0.25) is 0 Å². The highest BCUT2D eigenvalue weighted by Gasteiger charge is 2.46. The molecule has 0 bridgehead atoms. The minimum atomic E-state index is -0.203. The molecule has 0 aliphatic heterocycles. The highest BCUT2D eigenvalue weighted by molar-refractivity contribution is 6.08. The van der Waals surface area contributed by atoms with Gasteiger partial charge in [0.15, 0.2) is 11.6 Å². The lowest BCUT2D eigenvalue weighted by molar-refractivity contribution is 0.0787. The summed E-state index contributed by atoms with van der Waals surface area (Å²) in [6.45, 7) is 4.24. The quantitative estimate of drug-likeness (QED) is 0.725. The summed E-state index contributed by atoms with van der Waals surface area (Å²) in [4.78, 5) is 25.4. The van der Waals surface area contributed by atoms with Crippen molar-refractivity contribution in [1.29, 1.82) is 0 Å². The van der Waals surface area contributed by atoms with Crippen LogP contribution >= 0.6 is 0 Å². The number of Topliss-reactive ketones (excluding diaryl/α,β-unsaturated/α-hetero) is 2. The highest BCUT2D eigenvalue weighted by atomic mass is 16.1. The van der Waals surface area contributed by atoms with Crippen molar-refractivity contribution in [2.24, 2.45) is 5.92 Å². The lowest BCUT2D eigenvalue weighted by Crippen LogP contribution is -2.38. The van der Waals surface area contributed by atoms with E-state index in [4.69, 9.17) is 0 Å². The Kier molecular flexibility index (Phi) is 2.83. The Hall–Kier alpha value is -2.22. The van der Waals surface area contributed by atoms with Gasteiger partial charge in [-0.25, -0.2) is 0 Å². The van der Waals surface area contributed by atoms with Crippen LogP contribution in [0.3, 0.4) is 0 Å². The van der Waals surface area contributed by atoms with Crippen LogP contribution in [0.15, 0.2) is 42.5 Å². The van der Waals surface area contributed by atoms with E-state index < -0.39 is 0 Å². The molecule has 0 fully saturated rings. The number of ketones is 2. The van der Waals surface area contributed by atoms with E-state index in [1.807, 2.05) is 43.3 Å². The van der Waals surface area contributed by atoms with E-state index in [1.165, 1.54) is 0 Å².